The Bertz CT molecular complexity index is 548. The predicted molar refractivity (Wildman–Crippen MR) is 92.4 cm³/mol. The molecule has 0 radical (unpaired) electrons. The molecule has 122 valence electrons. The van der Waals surface area contributed by atoms with E-state index < -0.39 is 11.7 Å². The number of hydrogen-bond donors (Lipinski definition) is 1. The van der Waals surface area contributed by atoms with E-state index in [1.54, 1.807) is 0 Å². The van der Waals surface area contributed by atoms with Crippen LogP contribution in [0.4, 0.5) is 10.5 Å². The molecule has 0 heterocycles. The number of alkyl carbamates (subject to hydrolysis) is 1. The average molecular weight is 325 g/mol. The van der Waals surface area contributed by atoms with Gasteiger partial charge in [-0.15, -0.1) is 0 Å². The maximum Gasteiger partial charge on any atom is 0.407 e. The quantitative estimate of drug-likeness (QED) is 0.771. The van der Waals surface area contributed by atoms with Gasteiger partial charge in [-0.1, -0.05) is 31.0 Å². The minimum Gasteiger partial charge on any atom is -0.444 e. The molecule has 0 saturated carbocycles. The van der Waals surface area contributed by atoms with Crippen LogP contribution in [0.2, 0.25) is 5.02 Å². The number of aryl methyl sites for hydroxylation is 1. The van der Waals surface area contributed by atoms with Crippen molar-refractivity contribution in [1.29, 1.82) is 0 Å². The summed E-state index contributed by atoms with van der Waals surface area (Å²) in [4.78, 5) is 16.4. The largest absolute Gasteiger partial charge is 0.444 e. The molecule has 0 aliphatic carbocycles. The van der Waals surface area contributed by atoms with Crippen LogP contribution in [0, 0.1) is 6.92 Å². The van der Waals surface area contributed by atoms with Gasteiger partial charge in [-0.3, -0.25) is 4.99 Å². The first kappa shape index (κ1) is 18.5. The summed E-state index contributed by atoms with van der Waals surface area (Å²) in [5.74, 6) is 0. The molecule has 1 aromatic rings. The summed E-state index contributed by atoms with van der Waals surface area (Å²) in [6.45, 7) is 9.94. The summed E-state index contributed by atoms with van der Waals surface area (Å²) in [5.41, 5.74) is 2.28. The average Bonchev–Trinajstić information content (AvgIpc) is 2.38. The molecule has 1 aromatic carbocycles. The summed E-state index contributed by atoms with van der Waals surface area (Å²) < 4.78 is 5.23. The van der Waals surface area contributed by atoms with Crippen molar-refractivity contribution in [3.63, 3.8) is 0 Å². The number of carbonyl (C=O) groups is 1. The normalized spacial score (nSPS) is 12.2. The van der Waals surface area contributed by atoms with Crippen LogP contribution in [-0.2, 0) is 4.74 Å². The predicted octanol–water partition coefficient (Wildman–Crippen LogP) is 5.05. The monoisotopic (exact) mass is 324 g/mol. The van der Waals surface area contributed by atoms with Gasteiger partial charge in [0.15, 0.2) is 0 Å². The van der Waals surface area contributed by atoms with Gasteiger partial charge in [0.1, 0.15) is 5.60 Å². The van der Waals surface area contributed by atoms with Gasteiger partial charge in [-0.05, 0) is 51.8 Å². The topological polar surface area (TPSA) is 50.7 Å². The van der Waals surface area contributed by atoms with E-state index in [9.17, 15) is 4.79 Å². The zero-order valence-electron chi connectivity index (χ0n) is 14.0. The van der Waals surface area contributed by atoms with Crippen LogP contribution in [-0.4, -0.2) is 24.0 Å². The van der Waals surface area contributed by atoms with Crippen LogP contribution >= 0.6 is 11.6 Å². The fourth-order valence-electron chi connectivity index (χ4n) is 1.83. The lowest BCUT2D eigenvalue weighted by atomic mass is 10.2. The Labute approximate surface area is 137 Å². The number of aliphatic imine (C=N–C) groups is 1. The fraction of sp³-hybridized carbons (Fsp3) is 0.529. The summed E-state index contributed by atoms with van der Waals surface area (Å²) in [6.07, 6.45) is 1.33. The van der Waals surface area contributed by atoms with Gasteiger partial charge in [-0.2, -0.15) is 0 Å². The Morgan fingerprint density at radius 2 is 2.05 bits per heavy atom. The van der Waals surface area contributed by atoms with Crippen molar-refractivity contribution in [2.75, 3.05) is 6.54 Å². The molecule has 0 aliphatic rings. The van der Waals surface area contributed by atoms with Gasteiger partial charge in [0, 0.05) is 10.7 Å². The third-order valence-electron chi connectivity index (χ3n) is 2.82. The third-order valence-corrected chi connectivity index (χ3v) is 3.06. The number of amides is 1. The summed E-state index contributed by atoms with van der Waals surface area (Å²) >= 11 is 6.02. The lowest BCUT2D eigenvalue weighted by Gasteiger charge is -2.20. The van der Waals surface area contributed by atoms with Crippen LogP contribution in [0.25, 0.3) is 0 Å². The van der Waals surface area contributed by atoms with Crippen molar-refractivity contribution in [2.24, 2.45) is 4.99 Å². The number of nitrogens with zero attached hydrogens (tertiary/aromatic N) is 1. The molecule has 0 bridgehead atoms. The maximum atomic E-state index is 11.7. The Kier molecular flexibility index (Phi) is 6.88. The molecule has 0 aliphatic heterocycles. The number of rotatable bonds is 5. The van der Waals surface area contributed by atoms with E-state index in [1.807, 2.05) is 45.9 Å². The van der Waals surface area contributed by atoms with Gasteiger partial charge >= 0.3 is 6.09 Å². The Morgan fingerprint density at radius 1 is 1.36 bits per heavy atom. The first-order chi connectivity index (χ1) is 10.2. The van der Waals surface area contributed by atoms with Crippen LogP contribution in [0.3, 0.4) is 0 Å². The number of ether oxygens (including phenoxy) is 1. The summed E-state index contributed by atoms with van der Waals surface area (Å²) in [5, 5.41) is 3.41. The number of nitrogens with one attached hydrogen (secondary N) is 1. The molecule has 1 N–H and O–H groups in total. The molecule has 0 saturated heterocycles. The third kappa shape index (κ3) is 6.94. The fourth-order valence-corrected chi connectivity index (χ4v) is 2.00. The lowest BCUT2D eigenvalue weighted by Crippen LogP contribution is -2.35. The molecule has 0 spiro atoms. The first-order valence-electron chi connectivity index (χ1n) is 7.50. The molecule has 0 fully saturated rings. The zero-order valence-corrected chi connectivity index (χ0v) is 14.8. The standard InChI is InChI=1S/C17H25ClN2O2/c1-6-7-14(11-19-16(21)22-17(3,4)5)20-15-10-13(18)9-8-12(15)2/h8-10H,6-7,11H2,1-5H3,(H,19,21). The van der Waals surface area contributed by atoms with Gasteiger partial charge in [0.2, 0.25) is 0 Å². The highest BCUT2D eigenvalue weighted by atomic mass is 35.5. The van der Waals surface area contributed by atoms with Gasteiger partial charge in [0.25, 0.3) is 0 Å². The summed E-state index contributed by atoms with van der Waals surface area (Å²) in [7, 11) is 0. The van der Waals surface area contributed by atoms with Crippen LogP contribution in [0.15, 0.2) is 23.2 Å². The smallest absolute Gasteiger partial charge is 0.407 e. The highest BCUT2D eigenvalue weighted by Gasteiger charge is 2.16. The molecule has 1 amide bonds. The van der Waals surface area contributed by atoms with E-state index in [2.05, 4.69) is 17.2 Å². The number of carbonyl (C=O) groups excluding carboxylic acids is 1. The number of benzene rings is 1. The van der Waals surface area contributed by atoms with Crippen LogP contribution < -0.4 is 5.32 Å². The van der Waals surface area contributed by atoms with Crippen LogP contribution in [0.1, 0.15) is 46.1 Å². The maximum absolute atomic E-state index is 11.7. The Hall–Kier alpha value is -1.55. The number of halogens is 1. The molecule has 0 aromatic heterocycles. The van der Waals surface area contributed by atoms with E-state index in [4.69, 9.17) is 16.3 Å². The van der Waals surface area contributed by atoms with Gasteiger partial charge in [0.05, 0.1) is 12.2 Å². The van der Waals surface area contributed by atoms with Crippen molar-refractivity contribution >= 4 is 29.1 Å². The minimum absolute atomic E-state index is 0.370. The van der Waals surface area contributed by atoms with Crippen molar-refractivity contribution in [2.45, 2.75) is 53.1 Å². The Morgan fingerprint density at radius 3 is 2.64 bits per heavy atom. The van der Waals surface area contributed by atoms with Gasteiger partial charge in [-0.25, -0.2) is 4.79 Å². The second-order valence-electron chi connectivity index (χ2n) is 6.21. The molecule has 0 atom stereocenters. The molecule has 4 nitrogen and oxygen atoms in total. The van der Waals surface area contributed by atoms with Crippen molar-refractivity contribution in [3.05, 3.63) is 28.8 Å². The molecular weight excluding hydrogens is 300 g/mol. The molecule has 22 heavy (non-hydrogen) atoms. The highest BCUT2D eigenvalue weighted by molar-refractivity contribution is 6.30. The Balaban J connectivity index is 2.79. The van der Waals surface area contributed by atoms with Crippen molar-refractivity contribution < 1.29 is 9.53 Å². The van der Waals surface area contributed by atoms with E-state index in [1.165, 1.54) is 0 Å². The lowest BCUT2D eigenvalue weighted by molar-refractivity contribution is 0.0536. The SMILES string of the molecule is CCCC(CNC(=O)OC(C)(C)C)=Nc1cc(Cl)ccc1C. The first-order valence-corrected chi connectivity index (χ1v) is 7.88. The van der Waals surface area contributed by atoms with E-state index in [0.29, 0.717) is 11.6 Å². The molecule has 5 heteroatoms. The van der Waals surface area contributed by atoms with Crippen LogP contribution in [0.5, 0.6) is 0 Å². The second kappa shape index (κ2) is 8.18. The van der Waals surface area contributed by atoms with Crippen molar-refractivity contribution in [1.82, 2.24) is 5.32 Å². The molecule has 0 unspecified atom stereocenters. The highest BCUT2D eigenvalue weighted by Crippen LogP contribution is 2.23. The molecule has 1 rings (SSSR count). The van der Waals surface area contributed by atoms with E-state index in [0.717, 1.165) is 29.8 Å². The molecular formula is C17H25ClN2O2. The number of hydrogen-bond acceptors (Lipinski definition) is 3. The van der Waals surface area contributed by atoms with E-state index in [-0.39, 0.29) is 0 Å². The van der Waals surface area contributed by atoms with Crippen molar-refractivity contribution in [3.8, 4) is 0 Å². The van der Waals surface area contributed by atoms with Gasteiger partial charge < -0.3 is 10.1 Å². The minimum atomic E-state index is -0.504. The second-order valence-corrected chi connectivity index (χ2v) is 6.65. The van der Waals surface area contributed by atoms with E-state index >= 15 is 0 Å². The summed E-state index contributed by atoms with van der Waals surface area (Å²) in [6, 6.07) is 5.61. The zero-order chi connectivity index (χ0) is 16.8.